The molecule has 2 bridgehead atoms. The number of hydrogen-bond acceptors (Lipinski definition) is 6. The van der Waals surface area contributed by atoms with Crippen LogP contribution in [0.25, 0.3) is 0 Å². The van der Waals surface area contributed by atoms with Crippen molar-refractivity contribution < 1.29 is 18.7 Å². The lowest BCUT2D eigenvalue weighted by atomic mass is 9.68. The number of imide groups is 1. The average Bonchev–Trinajstić information content (AvgIpc) is 3.72. The van der Waals surface area contributed by atoms with Crippen molar-refractivity contribution in [3.63, 3.8) is 0 Å². The first-order valence-electron chi connectivity index (χ1n) is 13.9. The van der Waals surface area contributed by atoms with E-state index < -0.39 is 17.7 Å². The zero-order valence-corrected chi connectivity index (χ0v) is 24.4. The van der Waals surface area contributed by atoms with E-state index in [1.54, 1.807) is 17.8 Å². The van der Waals surface area contributed by atoms with E-state index in [-0.39, 0.29) is 45.6 Å². The van der Waals surface area contributed by atoms with Gasteiger partial charge >= 0.3 is 4.87 Å². The van der Waals surface area contributed by atoms with Gasteiger partial charge in [-0.1, -0.05) is 53.3 Å². The van der Waals surface area contributed by atoms with Crippen LogP contribution >= 0.6 is 34.7 Å². The predicted octanol–water partition coefficient (Wildman–Crippen LogP) is 6.49. The molecule has 0 radical (unpaired) electrons. The van der Waals surface area contributed by atoms with Gasteiger partial charge in [-0.25, -0.2) is 4.39 Å². The summed E-state index contributed by atoms with van der Waals surface area (Å²) in [7, 11) is 0. The normalized spacial score (nSPS) is 29.0. The van der Waals surface area contributed by atoms with Gasteiger partial charge in [0.05, 0.1) is 22.5 Å². The number of anilines is 1. The fraction of sp³-hybridized carbons (Fsp3) is 0.281. The van der Waals surface area contributed by atoms with Crippen LogP contribution in [0.2, 0.25) is 5.02 Å². The van der Waals surface area contributed by atoms with Gasteiger partial charge in [0.1, 0.15) is 18.2 Å². The number of halogens is 2. The number of nitrogens with one attached hydrogen (secondary N) is 1. The van der Waals surface area contributed by atoms with Crippen molar-refractivity contribution in [3.8, 4) is 5.75 Å². The van der Waals surface area contributed by atoms with Crippen molar-refractivity contribution in [3.05, 3.63) is 109 Å². The van der Waals surface area contributed by atoms with Gasteiger partial charge in [0.15, 0.2) is 0 Å². The molecule has 0 spiro atoms. The first-order chi connectivity index (χ1) is 20.4. The molecule has 1 aromatic heterocycles. The van der Waals surface area contributed by atoms with Crippen molar-refractivity contribution >= 4 is 52.2 Å². The number of nitrogens with zero attached hydrogens (tertiary/aromatic N) is 1. The van der Waals surface area contributed by atoms with E-state index in [1.807, 2.05) is 42.5 Å². The number of hydrogen-bond donors (Lipinski definition) is 1. The SMILES string of the molecule is O=C1C2C3CC(C2C(=O)N1c1ccc(F)cc1)C1C3Sc2[nH]c(=O)sc2[C@@H]1c1cc(Cl)ccc1OCc1ccccc1. The molecule has 7 atom stereocenters. The zero-order chi connectivity index (χ0) is 28.7. The predicted molar refractivity (Wildman–Crippen MR) is 160 cm³/mol. The summed E-state index contributed by atoms with van der Waals surface area (Å²) in [5.74, 6) is -1.35. The van der Waals surface area contributed by atoms with Crippen molar-refractivity contribution in [2.24, 2.45) is 29.6 Å². The average molecular weight is 619 g/mol. The third-order valence-electron chi connectivity index (χ3n) is 9.35. The summed E-state index contributed by atoms with van der Waals surface area (Å²) in [6.07, 6.45) is 0.767. The highest BCUT2D eigenvalue weighted by atomic mass is 35.5. The number of carbonyl (C=O) groups is 2. The number of fused-ring (bicyclic) bond motifs is 9. The maximum Gasteiger partial charge on any atom is 0.305 e. The molecule has 10 heteroatoms. The molecule has 2 aliphatic heterocycles. The Labute approximate surface area is 253 Å². The fourth-order valence-corrected chi connectivity index (χ4v) is 10.9. The van der Waals surface area contributed by atoms with E-state index in [1.165, 1.54) is 40.5 Å². The van der Waals surface area contributed by atoms with Gasteiger partial charge in [0, 0.05) is 26.6 Å². The first-order valence-corrected chi connectivity index (χ1v) is 16.0. The van der Waals surface area contributed by atoms with Crippen LogP contribution in [0.1, 0.15) is 28.3 Å². The number of ether oxygens (including phenoxy) is 1. The van der Waals surface area contributed by atoms with Crippen LogP contribution in [-0.2, 0) is 16.2 Å². The summed E-state index contributed by atoms with van der Waals surface area (Å²) < 4.78 is 20.0. The second-order valence-corrected chi connectivity index (χ2v) is 14.0. The lowest BCUT2D eigenvalue weighted by Gasteiger charge is -2.43. The van der Waals surface area contributed by atoms with Crippen LogP contribution in [-0.4, -0.2) is 22.0 Å². The number of aromatic amines is 1. The molecule has 2 amide bonds. The minimum Gasteiger partial charge on any atom is -0.489 e. The highest BCUT2D eigenvalue weighted by Crippen LogP contribution is 2.69. The summed E-state index contributed by atoms with van der Waals surface area (Å²) in [5.41, 5.74) is 2.32. The molecule has 1 N–H and O–H groups in total. The third kappa shape index (κ3) is 3.93. The smallest absolute Gasteiger partial charge is 0.305 e. The highest BCUT2D eigenvalue weighted by Gasteiger charge is 2.69. The second-order valence-electron chi connectivity index (χ2n) is 11.4. The van der Waals surface area contributed by atoms with E-state index in [9.17, 15) is 18.8 Å². The number of aromatic nitrogens is 1. The molecule has 2 saturated carbocycles. The molecule has 6 unspecified atom stereocenters. The highest BCUT2D eigenvalue weighted by molar-refractivity contribution is 8.00. The molecule has 4 aromatic rings. The van der Waals surface area contributed by atoms with E-state index in [0.29, 0.717) is 23.1 Å². The molecule has 6 nitrogen and oxygen atoms in total. The van der Waals surface area contributed by atoms with Crippen molar-refractivity contribution in [1.29, 1.82) is 0 Å². The number of rotatable bonds is 5. The number of thioether (sulfide) groups is 1. The maximum atomic E-state index is 13.9. The summed E-state index contributed by atoms with van der Waals surface area (Å²) in [6, 6.07) is 21.0. The number of amides is 2. The summed E-state index contributed by atoms with van der Waals surface area (Å²) in [6.45, 7) is 0.373. The van der Waals surface area contributed by atoms with Crippen molar-refractivity contribution in [2.45, 2.75) is 29.2 Å². The second kappa shape index (κ2) is 9.82. The molecular formula is C32H24ClFN2O4S2. The summed E-state index contributed by atoms with van der Waals surface area (Å²) in [5, 5.41) is 1.42. The molecule has 2 aliphatic carbocycles. The standard InChI is InChI=1S/C32H24ClFN2O4S2/c33-16-6-11-22(40-14-15-4-2-1-3-5-15)19(12-16)23-24-20-13-21(27(24)41-29-28(23)42-32(39)35-29)26-25(20)30(37)36(31(26)38)18-9-7-17(34)8-10-18/h1-12,20-21,23-27H,13-14H2,(H,35,39)/t20?,21?,23-,24?,25?,26?,27?/m1/s1. The van der Waals surface area contributed by atoms with Gasteiger partial charge < -0.3 is 9.72 Å². The molecule has 3 heterocycles. The van der Waals surface area contributed by atoms with Crippen LogP contribution in [0.4, 0.5) is 10.1 Å². The minimum absolute atomic E-state index is 0.00246. The Bertz CT molecular complexity index is 1790. The van der Waals surface area contributed by atoms with E-state index in [4.69, 9.17) is 16.3 Å². The molecular weight excluding hydrogens is 595 g/mol. The topological polar surface area (TPSA) is 79.5 Å². The van der Waals surface area contributed by atoms with Crippen molar-refractivity contribution in [2.75, 3.05) is 4.90 Å². The fourth-order valence-electron chi connectivity index (χ4n) is 7.84. The molecule has 1 saturated heterocycles. The van der Waals surface area contributed by atoms with Crippen LogP contribution in [0.15, 0.2) is 82.6 Å². The van der Waals surface area contributed by atoms with Crippen molar-refractivity contribution in [1.82, 2.24) is 4.98 Å². The van der Waals surface area contributed by atoms with Gasteiger partial charge in [0.25, 0.3) is 0 Å². The first kappa shape index (κ1) is 26.2. The summed E-state index contributed by atoms with van der Waals surface area (Å²) >= 11 is 9.40. The molecule has 212 valence electrons. The summed E-state index contributed by atoms with van der Waals surface area (Å²) in [4.78, 5) is 45.5. The largest absolute Gasteiger partial charge is 0.489 e. The number of thiazole rings is 1. The van der Waals surface area contributed by atoms with Gasteiger partial charge in [-0.15, -0.1) is 11.8 Å². The molecule has 42 heavy (non-hydrogen) atoms. The Kier molecular flexibility index (Phi) is 6.14. The Balaban J connectivity index is 1.21. The molecule has 4 aliphatic rings. The lowest BCUT2D eigenvalue weighted by molar-refractivity contribution is -0.123. The van der Waals surface area contributed by atoms with Gasteiger partial charge in [0.2, 0.25) is 11.8 Å². The van der Waals surface area contributed by atoms with Crippen LogP contribution in [0, 0.1) is 35.4 Å². The number of H-pyrrole nitrogens is 1. The molecule has 3 aromatic carbocycles. The minimum atomic E-state index is -0.456. The zero-order valence-electron chi connectivity index (χ0n) is 22.0. The van der Waals surface area contributed by atoms with Gasteiger partial charge in [-0.3, -0.25) is 19.3 Å². The third-order valence-corrected chi connectivity index (χ3v) is 12.2. The monoisotopic (exact) mass is 618 g/mol. The van der Waals surface area contributed by atoms with Gasteiger partial charge in [-0.05, 0) is 72.2 Å². The Morgan fingerprint density at radius 2 is 1.69 bits per heavy atom. The molecule has 3 fully saturated rings. The Morgan fingerprint density at radius 1 is 0.952 bits per heavy atom. The number of carbonyl (C=O) groups excluding carboxylic acids is 2. The maximum absolute atomic E-state index is 13.9. The van der Waals surface area contributed by atoms with E-state index >= 15 is 0 Å². The molecule has 8 rings (SSSR count). The number of benzene rings is 3. The van der Waals surface area contributed by atoms with Crippen LogP contribution in [0.5, 0.6) is 5.75 Å². The lowest BCUT2D eigenvalue weighted by Crippen LogP contribution is -2.42. The quantitative estimate of drug-likeness (QED) is 0.259. The van der Waals surface area contributed by atoms with E-state index in [0.717, 1.165) is 27.5 Å². The Morgan fingerprint density at radius 3 is 2.45 bits per heavy atom. The van der Waals surface area contributed by atoms with E-state index in [2.05, 4.69) is 4.98 Å². The van der Waals surface area contributed by atoms with Crippen LogP contribution in [0.3, 0.4) is 0 Å². The Hall–Kier alpha value is -3.40. The van der Waals surface area contributed by atoms with Gasteiger partial charge in [-0.2, -0.15) is 0 Å². The van der Waals surface area contributed by atoms with Crippen LogP contribution < -0.4 is 14.5 Å².